The highest BCUT2D eigenvalue weighted by Gasteiger charge is 2.30. The van der Waals surface area contributed by atoms with Crippen LogP contribution in [0.25, 0.3) is 17.1 Å². The molecule has 1 heterocycles. The predicted molar refractivity (Wildman–Crippen MR) is 133 cm³/mol. The Morgan fingerprint density at radius 3 is 2.32 bits per heavy atom. The van der Waals surface area contributed by atoms with Gasteiger partial charge in [-0.05, 0) is 61.9 Å². The standard InChI is InChI=1S/C27H25F3N4O3/c1-3-36-16-17-37-26-32-24(19-8-10-20(11-9-19)27(28,29)30)34(33-26)22-14-12-21(13-15-22)31-25(35)23-7-5-4-6-18(23)2/h4-15H,3,16-17H2,1-2H3,(H,31,35). The van der Waals surface area contributed by atoms with E-state index in [2.05, 4.69) is 15.4 Å². The van der Waals surface area contributed by atoms with Crippen LogP contribution in [0.4, 0.5) is 18.9 Å². The van der Waals surface area contributed by atoms with E-state index in [9.17, 15) is 18.0 Å². The number of benzene rings is 3. The van der Waals surface area contributed by atoms with Crippen molar-refractivity contribution in [2.24, 2.45) is 0 Å². The topological polar surface area (TPSA) is 78.3 Å². The highest BCUT2D eigenvalue weighted by molar-refractivity contribution is 6.05. The molecule has 7 nitrogen and oxygen atoms in total. The maximum Gasteiger partial charge on any atom is 0.416 e. The number of carbonyl (C=O) groups is 1. The minimum atomic E-state index is -4.45. The highest BCUT2D eigenvalue weighted by atomic mass is 19.4. The zero-order chi connectivity index (χ0) is 26.4. The second-order valence-corrected chi connectivity index (χ2v) is 8.07. The van der Waals surface area contributed by atoms with Crippen LogP contribution in [-0.2, 0) is 10.9 Å². The summed E-state index contributed by atoms with van der Waals surface area (Å²) in [6.45, 7) is 4.82. The lowest BCUT2D eigenvalue weighted by molar-refractivity contribution is -0.137. The summed E-state index contributed by atoms with van der Waals surface area (Å²) in [5.41, 5.74) is 2.25. The molecule has 1 amide bonds. The number of nitrogens with zero attached hydrogens (tertiary/aromatic N) is 3. The van der Waals surface area contributed by atoms with Gasteiger partial charge in [0.05, 0.1) is 17.9 Å². The predicted octanol–water partition coefficient (Wildman–Crippen LogP) is 5.93. The fourth-order valence-electron chi connectivity index (χ4n) is 3.58. The molecule has 0 saturated heterocycles. The van der Waals surface area contributed by atoms with Crippen molar-refractivity contribution < 1.29 is 27.4 Å². The number of ether oxygens (including phenoxy) is 2. The summed E-state index contributed by atoms with van der Waals surface area (Å²) >= 11 is 0. The van der Waals surface area contributed by atoms with Gasteiger partial charge in [0.2, 0.25) is 0 Å². The minimum Gasteiger partial charge on any atom is -0.460 e. The fraction of sp³-hybridized carbons (Fsp3) is 0.222. The fourth-order valence-corrected chi connectivity index (χ4v) is 3.58. The van der Waals surface area contributed by atoms with Gasteiger partial charge < -0.3 is 14.8 Å². The number of alkyl halides is 3. The number of nitrogens with one attached hydrogen (secondary N) is 1. The summed E-state index contributed by atoms with van der Waals surface area (Å²) in [7, 11) is 0. The first kappa shape index (κ1) is 25.9. The van der Waals surface area contributed by atoms with Crippen molar-refractivity contribution >= 4 is 11.6 Å². The number of hydrogen-bond acceptors (Lipinski definition) is 5. The monoisotopic (exact) mass is 510 g/mol. The third-order valence-corrected chi connectivity index (χ3v) is 5.48. The second-order valence-electron chi connectivity index (χ2n) is 8.07. The highest BCUT2D eigenvalue weighted by Crippen LogP contribution is 2.31. The molecule has 3 aromatic carbocycles. The molecule has 0 aliphatic carbocycles. The lowest BCUT2D eigenvalue weighted by atomic mass is 10.1. The van der Waals surface area contributed by atoms with Gasteiger partial charge in [-0.1, -0.05) is 30.3 Å². The normalized spacial score (nSPS) is 11.4. The van der Waals surface area contributed by atoms with E-state index >= 15 is 0 Å². The Kier molecular flexibility index (Phi) is 7.88. The number of carbonyl (C=O) groups excluding carboxylic acids is 1. The lowest BCUT2D eigenvalue weighted by Crippen LogP contribution is -2.13. The largest absolute Gasteiger partial charge is 0.460 e. The van der Waals surface area contributed by atoms with Gasteiger partial charge in [-0.15, -0.1) is 5.10 Å². The first-order valence-corrected chi connectivity index (χ1v) is 11.6. The van der Waals surface area contributed by atoms with Crippen LogP contribution in [-0.4, -0.2) is 40.5 Å². The zero-order valence-corrected chi connectivity index (χ0v) is 20.2. The molecule has 0 aliphatic rings. The van der Waals surface area contributed by atoms with Gasteiger partial charge in [0.15, 0.2) is 5.82 Å². The molecule has 0 atom stereocenters. The maximum absolute atomic E-state index is 13.0. The van der Waals surface area contributed by atoms with Crippen LogP contribution in [0, 0.1) is 6.92 Å². The SMILES string of the molecule is CCOCCOc1nc(-c2ccc(C(F)(F)F)cc2)n(-c2ccc(NC(=O)c3ccccc3C)cc2)n1. The summed E-state index contributed by atoms with van der Waals surface area (Å²) in [5, 5.41) is 7.25. The first-order chi connectivity index (χ1) is 17.8. The summed E-state index contributed by atoms with van der Waals surface area (Å²) in [6, 6.07) is 18.9. The number of anilines is 1. The third-order valence-electron chi connectivity index (χ3n) is 5.48. The Morgan fingerprint density at radius 2 is 1.68 bits per heavy atom. The molecule has 37 heavy (non-hydrogen) atoms. The molecule has 1 aromatic heterocycles. The summed E-state index contributed by atoms with van der Waals surface area (Å²) < 4.78 is 51.4. The van der Waals surface area contributed by atoms with E-state index in [4.69, 9.17) is 9.47 Å². The van der Waals surface area contributed by atoms with Gasteiger partial charge in [0, 0.05) is 23.4 Å². The Labute approximate surface area is 211 Å². The molecule has 0 spiro atoms. The smallest absolute Gasteiger partial charge is 0.416 e. The molecule has 0 aliphatic heterocycles. The van der Waals surface area contributed by atoms with Crippen LogP contribution < -0.4 is 10.1 Å². The van der Waals surface area contributed by atoms with Gasteiger partial charge in [-0.3, -0.25) is 4.79 Å². The van der Waals surface area contributed by atoms with Gasteiger partial charge >= 0.3 is 12.2 Å². The van der Waals surface area contributed by atoms with Crippen LogP contribution >= 0.6 is 0 Å². The average Bonchev–Trinajstić information content (AvgIpc) is 3.31. The van der Waals surface area contributed by atoms with Crippen molar-refractivity contribution in [1.82, 2.24) is 14.8 Å². The molecule has 0 bridgehead atoms. The summed E-state index contributed by atoms with van der Waals surface area (Å²) in [4.78, 5) is 17.0. The molecule has 4 aromatic rings. The molecule has 10 heteroatoms. The van der Waals surface area contributed by atoms with Gasteiger partial charge in [0.1, 0.15) is 6.61 Å². The number of halogens is 3. The van der Waals surface area contributed by atoms with Crippen molar-refractivity contribution in [2.75, 3.05) is 25.1 Å². The molecule has 4 rings (SSSR count). The Hall–Kier alpha value is -4.18. The number of rotatable bonds is 9. The van der Waals surface area contributed by atoms with Crippen LogP contribution in [0.3, 0.4) is 0 Å². The number of aryl methyl sites for hydroxylation is 1. The molecule has 192 valence electrons. The maximum atomic E-state index is 13.0. The lowest BCUT2D eigenvalue weighted by Gasteiger charge is -2.10. The van der Waals surface area contributed by atoms with E-state index in [1.54, 1.807) is 36.4 Å². The van der Waals surface area contributed by atoms with E-state index in [-0.39, 0.29) is 18.5 Å². The Morgan fingerprint density at radius 1 is 0.973 bits per heavy atom. The van der Waals surface area contributed by atoms with Crippen molar-refractivity contribution in [2.45, 2.75) is 20.0 Å². The van der Waals surface area contributed by atoms with Crippen LogP contribution in [0.15, 0.2) is 72.8 Å². The number of aromatic nitrogens is 3. The molecule has 0 saturated carbocycles. The molecular weight excluding hydrogens is 485 g/mol. The van der Waals surface area contributed by atoms with Crippen molar-refractivity contribution in [3.8, 4) is 23.1 Å². The van der Waals surface area contributed by atoms with Crippen molar-refractivity contribution in [3.63, 3.8) is 0 Å². The van der Waals surface area contributed by atoms with E-state index in [0.29, 0.717) is 41.5 Å². The Bertz CT molecular complexity index is 1350. The Balaban J connectivity index is 1.60. The summed E-state index contributed by atoms with van der Waals surface area (Å²) in [5.74, 6) is 0.0684. The van der Waals surface area contributed by atoms with Crippen LogP contribution in [0.1, 0.15) is 28.4 Å². The molecular formula is C27H25F3N4O3. The second kappa shape index (κ2) is 11.3. The van der Waals surface area contributed by atoms with Gasteiger partial charge in [-0.2, -0.15) is 18.2 Å². The minimum absolute atomic E-state index is 0.0616. The third kappa shape index (κ3) is 6.34. The number of hydrogen-bond donors (Lipinski definition) is 1. The molecule has 1 N–H and O–H groups in total. The molecule has 0 radical (unpaired) electrons. The summed E-state index contributed by atoms with van der Waals surface area (Å²) in [6.07, 6.45) is -4.45. The van der Waals surface area contributed by atoms with E-state index in [0.717, 1.165) is 17.7 Å². The molecule has 0 fully saturated rings. The number of amides is 1. The zero-order valence-electron chi connectivity index (χ0n) is 20.2. The van der Waals surface area contributed by atoms with Crippen LogP contribution in [0.2, 0.25) is 0 Å². The van der Waals surface area contributed by atoms with E-state index in [1.165, 1.54) is 16.8 Å². The first-order valence-electron chi connectivity index (χ1n) is 11.6. The molecule has 0 unspecified atom stereocenters. The van der Waals surface area contributed by atoms with Crippen LogP contribution in [0.5, 0.6) is 6.01 Å². The van der Waals surface area contributed by atoms with E-state index in [1.807, 2.05) is 26.0 Å². The quantitative estimate of drug-likeness (QED) is 0.283. The van der Waals surface area contributed by atoms with Gasteiger partial charge in [0.25, 0.3) is 5.91 Å². The van der Waals surface area contributed by atoms with E-state index < -0.39 is 11.7 Å². The van der Waals surface area contributed by atoms with Crippen molar-refractivity contribution in [3.05, 3.63) is 89.5 Å². The average molecular weight is 511 g/mol. The van der Waals surface area contributed by atoms with Crippen molar-refractivity contribution in [1.29, 1.82) is 0 Å². The van der Waals surface area contributed by atoms with Gasteiger partial charge in [-0.25, -0.2) is 4.68 Å².